The van der Waals surface area contributed by atoms with Crippen LogP contribution in [0, 0.1) is 5.41 Å². The second-order valence-corrected chi connectivity index (χ2v) is 6.56. The number of hydrogen-bond acceptors (Lipinski definition) is 2. The van der Waals surface area contributed by atoms with Crippen molar-refractivity contribution in [2.24, 2.45) is 5.41 Å². The molecule has 0 spiro atoms. The Morgan fingerprint density at radius 3 is 2.89 bits per heavy atom. The van der Waals surface area contributed by atoms with Gasteiger partial charge in [0.15, 0.2) is 0 Å². The summed E-state index contributed by atoms with van der Waals surface area (Å²) in [4.78, 5) is 0. The molecule has 0 bridgehead atoms. The van der Waals surface area contributed by atoms with Crippen LogP contribution in [0.3, 0.4) is 0 Å². The highest BCUT2D eigenvalue weighted by Crippen LogP contribution is 2.26. The van der Waals surface area contributed by atoms with Gasteiger partial charge in [-0.3, -0.25) is 4.68 Å². The minimum atomic E-state index is 0.249. The lowest BCUT2D eigenvalue weighted by atomic mass is 9.88. The molecule has 3 nitrogen and oxygen atoms in total. The van der Waals surface area contributed by atoms with Gasteiger partial charge in [-0.15, -0.1) is 5.10 Å². The predicted octanol–water partition coefficient (Wildman–Crippen LogP) is 4.20. The molecule has 2 heterocycles. The molecule has 0 N–H and O–H groups in total. The molecule has 0 unspecified atom stereocenters. The zero-order valence-electron chi connectivity index (χ0n) is 12.7. The normalized spacial score (nSPS) is 15.3. The minimum absolute atomic E-state index is 0.249. The Bertz CT molecular complexity index is 372. The van der Waals surface area contributed by atoms with Gasteiger partial charge < -0.3 is 4.74 Å². The lowest BCUT2D eigenvalue weighted by Gasteiger charge is -2.23. The number of rotatable bonds is 7. The van der Waals surface area contributed by atoms with Crippen molar-refractivity contribution in [3.05, 3.63) is 11.8 Å². The summed E-state index contributed by atoms with van der Waals surface area (Å²) in [6.45, 7) is 8.65. The van der Waals surface area contributed by atoms with Gasteiger partial charge in [-0.1, -0.05) is 40.0 Å². The van der Waals surface area contributed by atoms with Crippen LogP contribution in [0.2, 0.25) is 0 Å². The van der Waals surface area contributed by atoms with E-state index in [1.54, 1.807) is 0 Å². The maximum atomic E-state index is 5.92. The number of nitrogens with zero attached hydrogens (tertiary/aromatic N) is 2. The molecule has 2 rings (SSSR count). The lowest BCUT2D eigenvalue weighted by Crippen LogP contribution is -2.21. The van der Waals surface area contributed by atoms with Gasteiger partial charge in [0.05, 0.1) is 6.61 Å². The van der Waals surface area contributed by atoms with Gasteiger partial charge >= 0.3 is 0 Å². The molecule has 0 saturated heterocycles. The first-order valence-electron chi connectivity index (χ1n) is 7.80. The Balaban J connectivity index is 1.82. The zero-order chi connectivity index (χ0) is 13.7. The van der Waals surface area contributed by atoms with Crippen LogP contribution in [-0.4, -0.2) is 16.4 Å². The van der Waals surface area contributed by atoms with E-state index in [0.29, 0.717) is 0 Å². The molecule has 1 aromatic rings. The molecule has 0 amide bonds. The van der Waals surface area contributed by atoms with E-state index in [-0.39, 0.29) is 5.41 Å². The van der Waals surface area contributed by atoms with Crippen molar-refractivity contribution in [1.82, 2.24) is 9.78 Å². The van der Waals surface area contributed by atoms with E-state index in [9.17, 15) is 0 Å². The molecule has 0 aromatic carbocycles. The highest BCUT2D eigenvalue weighted by molar-refractivity contribution is 5.17. The third-order valence-electron chi connectivity index (χ3n) is 3.96. The first kappa shape index (κ1) is 14.4. The Labute approximate surface area is 117 Å². The Kier molecular flexibility index (Phi) is 4.89. The quantitative estimate of drug-likeness (QED) is 0.690. The average Bonchev–Trinajstić information content (AvgIpc) is 2.79. The molecule has 1 aromatic heterocycles. The topological polar surface area (TPSA) is 27.1 Å². The summed E-state index contributed by atoms with van der Waals surface area (Å²) in [5.74, 6) is 0.820. The van der Waals surface area contributed by atoms with Crippen LogP contribution in [0.5, 0.6) is 5.88 Å². The SMILES string of the molecule is CCCCCC(C)(C)COc1cc2n(n1)CCCC2. The highest BCUT2D eigenvalue weighted by atomic mass is 16.5. The van der Waals surface area contributed by atoms with Crippen molar-refractivity contribution in [2.45, 2.75) is 72.3 Å². The molecular formula is C16H28N2O. The highest BCUT2D eigenvalue weighted by Gasteiger charge is 2.20. The van der Waals surface area contributed by atoms with Gasteiger partial charge in [-0.25, -0.2) is 0 Å². The second-order valence-electron chi connectivity index (χ2n) is 6.56. The monoisotopic (exact) mass is 264 g/mol. The van der Waals surface area contributed by atoms with Gasteiger partial charge in [-0.05, 0) is 31.1 Å². The molecular weight excluding hydrogens is 236 g/mol. The van der Waals surface area contributed by atoms with Crippen LogP contribution in [0.15, 0.2) is 6.07 Å². The van der Waals surface area contributed by atoms with E-state index in [1.807, 2.05) is 0 Å². The fraction of sp³-hybridized carbons (Fsp3) is 0.812. The fourth-order valence-corrected chi connectivity index (χ4v) is 2.66. The summed E-state index contributed by atoms with van der Waals surface area (Å²) in [5.41, 5.74) is 1.59. The summed E-state index contributed by atoms with van der Waals surface area (Å²) < 4.78 is 8.04. The molecule has 1 aliphatic heterocycles. The fourth-order valence-electron chi connectivity index (χ4n) is 2.66. The number of fused-ring (bicyclic) bond motifs is 1. The van der Waals surface area contributed by atoms with Gasteiger partial charge in [0.2, 0.25) is 5.88 Å². The zero-order valence-corrected chi connectivity index (χ0v) is 12.7. The van der Waals surface area contributed by atoms with Crippen molar-refractivity contribution in [3.8, 4) is 5.88 Å². The van der Waals surface area contributed by atoms with E-state index in [4.69, 9.17) is 4.74 Å². The Morgan fingerprint density at radius 1 is 1.32 bits per heavy atom. The van der Waals surface area contributed by atoms with Crippen LogP contribution < -0.4 is 4.74 Å². The van der Waals surface area contributed by atoms with Gasteiger partial charge in [0.1, 0.15) is 0 Å². The standard InChI is InChI=1S/C16H28N2O/c1-4-5-7-10-16(2,3)13-19-15-12-14-9-6-8-11-18(14)17-15/h12H,4-11,13H2,1-3H3. The summed E-state index contributed by atoms with van der Waals surface area (Å²) in [6.07, 6.45) is 8.81. The summed E-state index contributed by atoms with van der Waals surface area (Å²) in [7, 11) is 0. The van der Waals surface area contributed by atoms with Gasteiger partial charge in [0.25, 0.3) is 0 Å². The first-order chi connectivity index (χ1) is 9.11. The van der Waals surface area contributed by atoms with E-state index in [1.165, 1.54) is 44.2 Å². The van der Waals surface area contributed by atoms with E-state index in [0.717, 1.165) is 25.5 Å². The number of hydrogen-bond donors (Lipinski definition) is 0. The van der Waals surface area contributed by atoms with Crippen LogP contribution >= 0.6 is 0 Å². The smallest absolute Gasteiger partial charge is 0.233 e. The molecule has 0 radical (unpaired) electrons. The second kappa shape index (κ2) is 6.44. The van der Waals surface area contributed by atoms with Gasteiger partial charge in [0, 0.05) is 18.3 Å². The van der Waals surface area contributed by atoms with Crippen molar-refractivity contribution < 1.29 is 4.74 Å². The molecule has 108 valence electrons. The molecule has 19 heavy (non-hydrogen) atoms. The van der Waals surface area contributed by atoms with E-state index in [2.05, 4.69) is 36.6 Å². The number of aromatic nitrogens is 2. The third kappa shape index (κ3) is 4.26. The maximum absolute atomic E-state index is 5.92. The largest absolute Gasteiger partial charge is 0.476 e. The van der Waals surface area contributed by atoms with Crippen LogP contribution in [0.1, 0.15) is 65.0 Å². The Hall–Kier alpha value is -0.990. The predicted molar refractivity (Wildman–Crippen MR) is 78.6 cm³/mol. The molecule has 1 aliphatic rings. The van der Waals surface area contributed by atoms with Crippen LogP contribution in [-0.2, 0) is 13.0 Å². The third-order valence-corrected chi connectivity index (χ3v) is 3.96. The van der Waals surface area contributed by atoms with E-state index >= 15 is 0 Å². The minimum Gasteiger partial charge on any atom is -0.476 e. The van der Waals surface area contributed by atoms with Crippen molar-refractivity contribution in [3.63, 3.8) is 0 Å². The molecule has 3 heteroatoms. The van der Waals surface area contributed by atoms with Gasteiger partial charge in [-0.2, -0.15) is 0 Å². The molecule has 0 aliphatic carbocycles. The maximum Gasteiger partial charge on any atom is 0.233 e. The van der Waals surface area contributed by atoms with Crippen LogP contribution in [0.25, 0.3) is 0 Å². The molecule has 0 fully saturated rings. The first-order valence-corrected chi connectivity index (χ1v) is 7.80. The molecule has 0 saturated carbocycles. The van der Waals surface area contributed by atoms with Crippen molar-refractivity contribution in [1.29, 1.82) is 0 Å². The average molecular weight is 264 g/mol. The van der Waals surface area contributed by atoms with Crippen LogP contribution in [0.4, 0.5) is 0 Å². The lowest BCUT2D eigenvalue weighted by molar-refractivity contribution is 0.160. The summed E-state index contributed by atoms with van der Waals surface area (Å²) in [6, 6.07) is 2.13. The van der Waals surface area contributed by atoms with Crippen molar-refractivity contribution in [2.75, 3.05) is 6.61 Å². The number of aryl methyl sites for hydroxylation is 2. The number of unbranched alkanes of at least 4 members (excludes halogenated alkanes) is 2. The summed E-state index contributed by atoms with van der Waals surface area (Å²) in [5, 5.41) is 4.54. The molecule has 0 atom stereocenters. The number of ether oxygens (including phenoxy) is 1. The van der Waals surface area contributed by atoms with Crippen molar-refractivity contribution >= 4 is 0 Å². The summed E-state index contributed by atoms with van der Waals surface area (Å²) >= 11 is 0. The Morgan fingerprint density at radius 2 is 2.16 bits per heavy atom. The van der Waals surface area contributed by atoms with E-state index < -0.39 is 0 Å².